The highest BCUT2D eigenvalue weighted by Crippen LogP contribution is 2.38. The minimum absolute atomic E-state index is 0.168. The lowest BCUT2D eigenvalue weighted by Gasteiger charge is -2.37. The number of amides is 2. The van der Waals surface area contributed by atoms with Crippen molar-refractivity contribution in [2.75, 3.05) is 29.5 Å². The first-order valence-corrected chi connectivity index (χ1v) is 12.5. The summed E-state index contributed by atoms with van der Waals surface area (Å²) in [5.74, 6) is 0.219. The van der Waals surface area contributed by atoms with E-state index in [0.29, 0.717) is 47.0 Å². The van der Waals surface area contributed by atoms with Gasteiger partial charge in [0.25, 0.3) is 11.8 Å². The Labute approximate surface area is 217 Å². The molecule has 2 heterocycles. The van der Waals surface area contributed by atoms with Crippen LogP contribution in [0.4, 0.5) is 21.6 Å². The zero-order valence-corrected chi connectivity index (χ0v) is 21.8. The molecule has 0 radical (unpaired) electrons. The molecule has 4 rings (SSSR count). The third kappa shape index (κ3) is 5.90. The molecule has 0 spiro atoms. The molecule has 0 saturated carbocycles. The summed E-state index contributed by atoms with van der Waals surface area (Å²) in [5, 5.41) is 6.10. The molecule has 2 amide bonds. The van der Waals surface area contributed by atoms with E-state index in [1.54, 1.807) is 47.4 Å². The molecule has 1 aliphatic heterocycles. The molecule has 37 heavy (non-hydrogen) atoms. The van der Waals surface area contributed by atoms with Crippen LogP contribution in [0.15, 0.2) is 54.7 Å². The summed E-state index contributed by atoms with van der Waals surface area (Å²) < 4.78 is 15.6. The van der Waals surface area contributed by atoms with Gasteiger partial charge < -0.3 is 21.3 Å². The van der Waals surface area contributed by atoms with Crippen molar-refractivity contribution in [1.82, 2.24) is 9.88 Å². The first-order valence-electron chi connectivity index (χ1n) is 12.5. The van der Waals surface area contributed by atoms with E-state index in [0.717, 1.165) is 11.1 Å². The predicted molar refractivity (Wildman–Crippen MR) is 146 cm³/mol. The third-order valence-electron chi connectivity index (χ3n) is 6.78. The molecule has 1 saturated heterocycles. The van der Waals surface area contributed by atoms with E-state index in [9.17, 15) is 9.59 Å². The lowest BCUT2D eigenvalue weighted by Crippen LogP contribution is -2.43. The minimum atomic E-state index is -1.49. The Bertz CT molecular complexity index is 1280. The molecule has 0 bridgehead atoms. The molecule has 0 aliphatic carbocycles. The highest BCUT2D eigenvalue weighted by Gasteiger charge is 2.38. The van der Waals surface area contributed by atoms with Gasteiger partial charge in [0.15, 0.2) is 0 Å². The Kier molecular flexibility index (Phi) is 7.47. The SMILES string of the molecule is Cc1cc(C)c(C(=O)N2CCC(F)(c3ccc(N)cc3)CC2)cc1NC(=O)c1ccc(NC(C)C)nc1. The van der Waals surface area contributed by atoms with Gasteiger partial charge in [-0.2, -0.15) is 0 Å². The number of alkyl halides is 1. The van der Waals surface area contributed by atoms with Crippen molar-refractivity contribution < 1.29 is 14.0 Å². The Hall–Kier alpha value is -3.94. The van der Waals surface area contributed by atoms with E-state index in [4.69, 9.17) is 5.73 Å². The average molecular weight is 504 g/mol. The number of nitrogens with two attached hydrogens (primary N) is 1. The van der Waals surface area contributed by atoms with Crippen LogP contribution in [0.3, 0.4) is 0 Å². The third-order valence-corrected chi connectivity index (χ3v) is 6.78. The predicted octanol–water partition coefficient (Wildman–Crippen LogP) is 5.45. The molecule has 1 aliphatic rings. The number of benzene rings is 2. The second-order valence-corrected chi connectivity index (χ2v) is 10.0. The topological polar surface area (TPSA) is 100 Å². The molecular formula is C29H34FN5O2. The maximum absolute atomic E-state index is 15.6. The number of carbonyl (C=O) groups is 2. The van der Waals surface area contributed by atoms with Gasteiger partial charge in [0, 0.05) is 55.1 Å². The first kappa shape index (κ1) is 26.1. The summed E-state index contributed by atoms with van der Waals surface area (Å²) in [6, 6.07) is 14.1. The lowest BCUT2D eigenvalue weighted by molar-refractivity contribution is 0.0421. The molecule has 194 valence electrons. The summed E-state index contributed by atoms with van der Waals surface area (Å²) >= 11 is 0. The lowest BCUT2D eigenvalue weighted by atomic mass is 9.86. The van der Waals surface area contributed by atoms with Gasteiger partial charge in [0.1, 0.15) is 11.5 Å². The number of halogens is 1. The fourth-order valence-electron chi connectivity index (χ4n) is 4.63. The van der Waals surface area contributed by atoms with Crippen molar-refractivity contribution in [3.05, 3.63) is 82.5 Å². The Morgan fingerprint density at radius 1 is 1.03 bits per heavy atom. The van der Waals surface area contributed by atoms with Crippen LogP contribution in [0.2, 0.25) is 0 Å². The maximum Gasteiger partial charge on any atom is 0.257 e. The normalized spacial score (nSPS) is 14.9. The molecular weight excluding hydrogens is 469 g/mol. The largest absolute Gasteiger partial charge is 0.399 e. The van der Waals surface area contributed by atoms with E-state index in [1.165, 1.54) is 6.20 Å². The van der Waals surface area contributed by atoms with Gasteiger partial charge in [0.05, 0.1) is 5.56 Å². The Morgan fingerprint density at radius 3 is 2.30 bits per heavy atom. The van der Waals surface area contributed by atoms with Crippen LogP contribution in [0.1, 0.15) is 64.1 Å². The monoisotopic (exact) mass is 503 g/mol. The van der Waals surface area contributed by atoms with Gasteiger partial charge in [-0.05, 0) is 74.7 Å². The summed E-state index contributed by atoms with van der Waals surface area (Å²) in [6.45, 7) is 8.39. The molecule has 1 fully saturated rings. The van der Waals surface area contributed by atoms with Crippen molar-refractivity contribution in [3.63, 3.8) is 0 Å². The average Bonchev–Trinajstić information content (AvgIpc) is 2.86. The van der Waals surface area contributed by atoms with Crippen molar-refractivity contribution in [2.45, 2.75) is 52.2 Å². The number of hydrogen-bond donors (Lipinski definition) is 3. The molecule has 0 atom stereocenters. The molecule has 3 aromatic rings. The second-order valence-electron chi connectivity index (χ2n) is 10.0. The molecule has 2 aromatic carbocycles. The standard InChI is InChI=1S/C29H34FN5O2/c1-18(2)33-26-10-5-21(17-32-26)27(36)34-25-16-24(19(3)15-20(25)4)28(37)35-13-11-29(30,12-14-35)22-6-8-23(31)9-7-22/h5-10,15-18H,11-14,31H2,1-4H3,(H,32,33)(H,34,36). The van der Waals surface area contributed by atoms with Gasteiger partial charge >= 0.3 is 0 Å². The first-order chi connectivity index (χ1) is 17.6. The van der Waals surface area contributed by atoms with E-state index in [1.807, 2.05) is 33.8 Å². The van der Waals surface area contributed by atoms with Crippen molar-refractivity contribution >= 4 is 29.0 Å². The summed E-state index contributed by atoms with van der Waals surface area (Å²) in [4.78, 5) is 32.3. The van der Waals surface area contributed by atoms with Crippen LogP contribution in [0, 0.1) is 13.8 Å². The highest BCUT2D eigenvalue weighted by molar-refractivity contribution is 6.05. The van der Waals surface area contributed by atoms with Crippen LogP contribution in [0.25, 0.3) is 0 Å². The zero-order valence-electron chi connectivity index (χ0n) is 21.8. The van der Waals surface area contributed by atoms with Gasteiger partial charge in [-0.25, -0.2) is 9.37 Å². The van der Waals surface area contributed by atoms with Crippen LogP contribution in [0.5, 0.6) is 0 Å². The van der Waals surface area contributed by atoms with Crippen molar-refractivity contribution in [1.29, 1.82) is 0 Å². The van der Waals surface area contributed by atoms with E-state index in [-0.39, 0.29) is 30.7 Å². The number of aromatic nitrogens is 1. The van der Waals surface area contributed by atoms with Crippen molar-refractivity contribution in [3.8, 4) is 0 Å². The van der Waals surface area contributed by atoms with Gasteiger partial charge in [0.2, 0.25) is 0 Å². The van der Waals surface area contributed by atoms with Crippen LogP contribution < -0.4 is 16.4 Å². The van der Waals surface area contributed by atoms with Gasteiger partial charge in [-0.3, -0.25) is 9.59 Å². The molecule has 8 heteroatoms. The second kappa shape index (κ2) is 10.6. The number of aryl methyl sites for hydroxylation is 2. The van der Waals surface area contributed by atoms with Crippen LogP contribution >= 0.6 is 0 Å². The number of likely N-dealkylation sites (tertiary alicyclic amines) is 1. The number of carbonyl (C=O) groups excluding carboxylic acids is 2. The zero-order chi connectivity index (χ0) is 26.7. The molecule has 1 aromatic heterocycles. The number of rotatable bonds is 6. The summed E-state index contributed by atoms with van der Waals surface area (Å²) in [7, 11) is 0. The minimum Gasteiger partial charge on any atom is -0.399 e. The fourth-order valence-corrected chi connectivity index (χ4v) is 4.63. The quantitative estimate of drug-likeness (QED) is 0.388. The van der Waals surface area contributed by atoms with E-state index in [2.05, 4.69) is 15.6 Å². The summed E-state index contributed by atoms with van der Waals surface area (Å²) in [6.07, 6.45) is 1.95. The Balaban J connectivity index is 1.46. The van der Waals surface area contributed by atoms with E-state index >= 15 is 4.39 Å². The number of anilines is 3. The van der Waals surface area contributed by atoms with Crippen molar-refractivity contribution in [2.24, 2.45) is 0 Å². The summed E-state index contributed by atoms with van der Waals surface area (Å²) in [5.41, 5.74) is 8.56. The molecule has 7 nitrogen and oxygen atoms in total. The highest BCUT2D eigenvalue weighted by atomic mass is 19.1. The van der Waals surface area contributed by atoms with Gasteiger partial charge in [-0.15, -0.1) is 0 Å². The van der Waals surface area contributed by atoms with Crippen LogP contribution in [-0.4, -0.2) is 40.8 Å². The number of pyridine rings is 1. The number of nitrogens with one attached hydrogen (secondary N) is 2. The number of piperidine rings is 1. The molecule has 0 unspecified atom stereocenters. The molecule has 4 N–H and O–H groups in total. The van der Waals surface area contributed by atoms with E-state index < -0.39 is 5.67 Å². The maximum atomic E-state index is 15.6. The number of hydrogen-bond acceptors (Lipinski definition) is 5. The van der Waals surface area contributed by atoms with Crippen LogP contribution in [-0.2, 0) is 5.67 Å². The number of nitrogen functional groups attached to an aromatic ring is 1. The van der Waals surface area contributed by atoms with Gasteiger partial charge in [-0.1, -0.05) is 18.2 Å². The Morgan fingerprint density at radius 2 is 1.70 bits per heavy atom. The smallest absolute Gasteiger partial charge is 0.257 e. The number of nitrogens with zero attached hydrogens (tertiary/aromatic N) is 2. The fraction of sp³-hybridized carbons (Fsp3) is 0.345.